The maximum Gasteiger partial charge on any atom is 0.264 e. The van der Waals surface area contributed by atoms with Crippen molar-refractivity contribution in [2.45, 2.75) is 6.61 Å². The molecule has 0 N–H and O–H groups in total. The van der Waals surface area contributed by atoms with Gasteiger partial charge in [-0.3, -0.25) is 4.18 Å². The third-order valence-electron chi connectivity index (χ3n) is 5.75. The Balaban J connectivity index is 1.88. The molecule has 3 aromatic carbocycles. The molecule has 0 spiro atoms. The maximum atomic E-state index is 11.7. The maximum absolute atomic E-state index is 11.7. The third-order valence-corrected chi connectivity index (χ3v) is 16.7. The van der Waals surface area contributed by atoms with Gasteiger partial charge in [0.05, 0.1) is 38.3 Å². The van der Waals surface area contributed by atoms with Crippen molar-refractivity contribution in [3.05, 3.63) is 75.4 Å². The summed E-state index contributed by atoms with van der Waals surface area (Å²) in [6.45, 7) is 0.0191. The topological polar surface area (TPSA) is 43.4 Å². The van der Waals surface area contributed by atoms with E-state index in [9.17, 15) is 8.42 Å². The summed E-state index contributed by atoms with van der Waals surface area (Å²) in [5.41, 5.74) is 0.839. The second-order valence-corrected chi connectivity index (χ2v) is 18.6. The van der Waals surface area contributed by atoms with Crippen LogP contribution < -0.4 is 10.4 Å². The first-order valence-electron chi connectivity index (χ1n) is 11.2. The van der Waals surface area contributed by atoms with Gasteiger partial charge in [-0.2, -0.15) is 8.42 Å². The normalized spacial score (nSPS) is 16.7. The molecule has 0 saturated heterocycles. The Bertz CT molecular complexity index is 1710. The first-order chi connectivity index (χ1) is 18.3. The van der Waals surface area contributed by atoms with E-state index < -0.39 is 10.1 Å². The Hall–Kier alpha value is 0.110. The van der Waals surface area contributed by atoms with Gasteiger partial charge in [-0.25, -0.2) is 0 Å². The summed E-state index contributed by atoms with van der Waals surface area (Å²) >= 11 is 14.6. The predicted octanol–water partition coefficient (Wildman–Crippen LogP) is 8.27. The summed E-state index contributed by atoms with van der Waals surface area (Å²) in [7, 11) is -3.54. The van der Waals surface area contributed by atoms with Crippen LogP contribution in [-0.4, -0.2) is 39.7 Å². The lowest BCUT2D eigenvalue weighted by molar-refractivity contribution is 0.312. The van der Waals surface area contributed by atoms with Crippen molar-refractivity contribution < 1.29 is 12.6 Å². The van der Waals surface area contributed by atoms with Crippen LogP contribution in [0.1, 0.15) is 5.56 Å². The highest BCUT2D eigenvalue weighted by atomic mass is 32.3. The van der Waals surface area contributed by atoms with Gasteiger partial charge in [-0.15, -0.1) is 47.0 Å². The Morgan fingerprint density at radius 3 is 1.50 bits per heavy atom. The second-order valence-electron chi connectivity index (χ2n) is 8.09. The zero-order chi connectivity index (χ0) is 27.0. The molecule has 12 heteroatoms. The van der Waals surface area contributed by atoms with Crippen molar-refractivity contribution >= 4 is 134 Å². The van der Waals surface area contributed by atoms with Crippen LogP contribution in [-0.2, 0) is 20.9 Å². The number of benzene rings is 3. The Kier molecular flexibility index (Phi) is 9.77. The van der Waals surface area contributed by atoms with Crippen LogP contribution in [0.4, 0.5) is 0 Å². The van der Waals surface area contributed by atoms with Gasteiger partial charge in [-0.1, -0.05) is 83.4 Å². The minimum atomic E-state index is -3.54. The fourth-order valence-corrected chi connectivity index (χ4v) is 14.8. The standard InChI is InChI=1S/C26H24O3S9/c1-30-23-24(31-2)35-21(34-23)19-15-8-6-7-9-16(15)20(22-36-25(32-3)26(33-4)37-22)18-12-14(10-11-17(18)19)13-29-38(5,27)28/h6-12H,13H2,1-5H3. The SMILES string of the molecule is CSC1=C(SC)SC(=c2c3ccccc3c(=C3SC(SC)=C(SC)S3)c3cc(COS(C)(=O)=O)ccc23)S1. The van der Waals surface area contributed by atoms with E-state index in [-0.39, 0.29) is 6.61 Å². The van der Waals surface area contributed by atoms with Crippen LogP contribution in [0, 0.1) is 0 Å². The molecule has 2 heterocycles. The lowest BCUT2D eigenvalue weighted by atomic mass is 9.97. The molecule has 2 aliphatic rings. The fraction of sp³-hybridized carbons (Fsp3) is 0.231. The molecule has 0 amide bonds. The van der Waals surface area contributed by atoms with Crippen molar-refractivity contribution in [3.63, 3.8) is 0 Å². The zero-order valence-electron chi connectivity index (χ0n) is 21.1. The molecule has 0 radical (unpaired) electrons. The minimum Gasteiger partial charge on any atom is -0.265 e. The monoisotopic (exact) mass is 672 g/mol. The van der Waals surface area contributed by atoms with Crippen LogP contribution in [0.15, 0.2) is 59.4 Å². The van der Waals surface area contributed by atoms with E-state index >= 15 is 0 Å². The zero-order valence-corrected chi connectivity index (χ0v) is 28.5. The van der Waals surface area contributed by atoms with E-state index in [0.717, 1.165) is 17.2 Å². The molecule has 38 heavy (non-hydrogen) atoms. The average molecular weight is 673 g/mol. The van der Waals surface area contributed by atoms with E-state index in [4.69, 9.17) is 4.18 Å². The summed E-state index contributed by atoms with van der Waals surface area (Å²) in [6, 6.07) is 15.0. The first kappa shape index (κ1) is 29.6. The Morgan fingerprint density at radius 1 is 0.658 bits per heavy atom. The average Bonchev–Trinajstić information content (AvgIpc) is 3.53. The van der Waals surface area contributed by atoms with Crippen LogP contribution in [0.3, 0.4) is 0 Å². The number of thioether (sulfide) groups is 8. The summed E-state index contributed by atoms with van der Waals surface area (Å²) in [4.78, 5) is 0. The molecule has 0 bridgehead atoms. The number of hydrogen-bond donors (Lipinski definition) is 0. The lowest BCUT2D eigenvalue weighted by Crippen LogP contribution is -2.17. The van der Waals surface area contributed by atoms with E-state index in [1.807, 2.05) is 53.1 Å². The molecule has 0 atom stereocenters. The van der Waals surface area contributed by atoms with E-state index in [0.29, 0.717) is 0 Å². The molecular weight excluding hydrogens is 649 g/mol. The van der Waals surface area contributed by atoms with Gasteiger partial charge in [0, 0.05) is 10.4 Å². The summed E-state index contributed by atoms with van der Waals surface area (Å²) in [6.07, 6.45) is 9.64. The van der Waals surface area contributed by atoms with Crippen LogP contribution in [0.25, 0.3) is 30.0 Å². The molecule has 5 rings (SSSR count). The van der Waals surface area contributed by atoms with Crippen LogP contribution in [0.2, 0.25) is 0 Å². The quantitative estimate of drug-likeness (QED) is 0.180. The summed E-state index contributed by atoms with van der Waals surface area (Å²) < 4.78 is 36.6. The van der Waals surface area contributed by atoms with Gasteiger partial charge >= 0.3 is 0 Å². The van der Waals surface area contributed by atoms with Gasteiger partial charge in [0.1, 0.15) is 0 Å². The van der Waals surface area contributed by atoms with Crippen molar-refractivity contribution in [2.75, 3.05) is 31.3 Å². The molecule has 0 fully saturated rings. The first-order valence-corrected chi connectivity index (χ1v) is 21.2. The second kappa shape index (κ2) is 12.5. The van der Waals surface area contributed by atoms with Crippen molar-refractivity contribution in [1.82, 2.24) is 0 Å². The fourth-order valence-electron chi connectivity index (χ4n) is 4.18. The van der Waals surface area contributed by atoms with Gasteiger partial charge in [0.25, 0.3) is 10.1 Å². The Morgan fingerprint density at radius 2 is 1.08 bits per heavy atom. The highest BCUT2D eigenvalue weighted by Gasteiger charge is 2.25. The lowest BCUT2D eigenvalue weighted by Gasteiger charge is -2.13. The molecule has 3 nitrogen and oxygen atoms in total. The minimum absolute atomic E-state index is 0.0191. The van der Waals surface area contributed by atoms with Gasteiger partial charge < -0.3 is 0 Å². The smallest absolute Gasteiger partial charge is 0.264 e. The molecule has 3 aromatic rings. The summed E-state index contributed by atoms with van der Waals surface area (Å²) in [5.74, 6) is 0. The van der Waals surface area contributed by atoms with Crippen molar-refractivity contribution in [1.29, 1.82) is 0 Å². The highest BCUT2D eigenvalue weighted by molar-refractivity contribution is 8.46. The van der Waals surface area contributed by atoms with E-state index in [2.05, 4.69) is 61.4 Å². The molecule has 0 aliphatic carbocycles. The van der Waals surface area contributed by atoms with Gasteiger partial charge in [0.2, 0.25) is 0 Å². The molecule has 0 unspecified atom stereocenters. The largest absolute Gasteiger partial charge is 0.265 e. The molecular formula is C26H24O3S9. The molecule has 2 aliphatic heterocycles. The van der Waals surface area contributed by atoms with E-state index in [1.54, 1.807) is 47.0 Å². The highest BCUT2D eigenvalue weighted by Crippen LogP contribution is 2.58. The van der Waals surface area contributed by atoms with Gasteiger partial charge in [0.15, 0.2) is 0 Å². The molecule has 0 saturated carbocycles. The number of rotatable bonds is 7. The predicted molar refractivity (Wildman–Crippen MR) is 186 cm³/mol. The molecule has 0 aromatic heterocycles. The van der Waals surface area contributed by atoms with Crippen LogP contribution in [0.5, 0.6) is 0 Å². The van der Waals surface area contributed by atoms with Crippen molar-refractivity contribution in [3.8, 4) is 0 Å². The Labute approximate surface area is 257 Å². The van der Waals surface area contributed by atoms with Crippen LogP contribution >= 0.6 is 94.1 Å². The number of fused-ring (bicyclic) bond motifs is 2. The molecule has 200 valence electrons. The third kappa shape index (κ3) is 6.00. The van der Waals surface area contributed by atoms with Gasteiger partial charge in [-0.05, 0) is 58.2 Å². The van der Waals surface area contributed by atoms with Crippen molar-refractivity contribution in [2.24, 2.45) is 0 Å². The van der Waals surface area contributed by atoms with E-state index in [1.165, 1.54) is 52.0 Å². The number of hydrogen-bond acceptors (Lipinski definition) is 11. The summed E-state index contributed by atoms with van der Waals surface area (Å²) in [5, 5.41) is 7.22.